The van der Waals surface area contributed by atoms with Crippen LogP contribution in [-0.2, 0) is 11.2 Å². The van der Waals surface area contributed by atoms with E-state index in [1.807, 2.05) is 18.2 Å². The highest BCUT2D eigenvalue weighted by atomic mass is 16.3. The van der Waals surface area contributed by atoms with E-state index in [9.17, 15) is 9.59 Å². The predicted octanol–water partition coefficient (Wildman–Crippen LogP) is 2.38. The summed E-state index contributed by atoms with van der Waals surface area (Å²) in [4.78, 5) is 23.3. The van der Waals surface area contributed by atoms with E-state index >= 15 is 0 Å². The van der Waals surface area contributed by atoms with Crippen molar-refractivity contribution in [1.29, 1.82) is 0 Å². The molecule has 0 saturated carbocycles. The van der Waals surface area contributed by atoms with Crippen molar-refractivity contribution in [2.75, 3.05) is 6.54 Å². The summed E-state index contributed by atoms with van der Waals surface area (Å²) in [5.74, 6) is -0.208. The monoisotopic (exact) mass is 313 g/mol. The van der Waals surface area contributed by atoms with E-state index in [0.29, 0.717) is 24.9 Å². The Labute approximate surface area is 133 Å². The summed E-state index contributed by atoms with van der Waals surface area (Å²) in [6, 6.07) is 5.90. The van der Waals surface area contributed by atoms with E-state index < -0.39 is 0 Å². The normalized spacial score (nSPS) is 14.0. The summed E-state index contributed by atoms with van der Waals surface area (Å²) >= 11 is 0. The summed E-state index contributed by atoms with van der Waals surface area (Å²) in [5.41, 5.74) is 5.71. The van der Waals surface area contributed by atoms with Gasteiger partial charge in [0.2, 0.25) is 5.91 Å². The van der Waals surface area contributed by atoms with Crippen LogP contribution in [0.3, 0.4) is 0 Å². The van der Waals surface area contributed by atoms with E-state index in [1.54, 1.807) is 0 Å². The Bertz CT molecular complexity index is 776. The average molecular weight is 313 g/mol. The standard InChI is InChI=1S/C17H19N3O3/c1-2-11-5-6-15-13(8-11)14(10-23-15)17(22)18-7-3-4-12-9-16(21)20-19-12/h5-6,8,10H,2-4,7,9H2,1H3,(H,18,22)(H,20,21). The second-order valence-electron chi connectivity index (χ2n) is 5.58. The van der Waals surface area contributed by atoms with Gasteiger partial charge in [-0.15, -0.1) is 0 Å². The molecule has 6 heteroatoms. The first-order chi connectivity index (χ1) is 11.2. The van der Waals surface area contributed by atoms with Crippen molar-refractivity contribution in [2.24, 2.45) is 5.10 Å². The number of hydrazone groups is 1. The van der Waals surface area contributed by atoms with Gasteiger partial charge in [0.1, 0.15) is 11.8 Å². The number of hydrogen-bond acceptors (Lipinski definition) is 4. The van der Waals surface area contributed by atoms with Crippen LogP contribution in [0.2, 0.25) is 0 Å². The van der Waals surface area contributed by atoms with Gasteiger partial charge < -0.3 is 9.73 Å². The Kier molecular flexibility index (Phi) is 4.41. The second kappa shape index (κ2) is 6.64. The number of nitrogens with zero attached hydrogens (tertiary/aromatic N) is 1. The Balaban J connectivity index is 1.57. The van der Waals surface area contributed by atoms with Crippen LogP contribution >= 0.6 is 0 Å². The topological polar surface area (TPSA) is 83.7 Å². The zero-order valence-electron chi connectivity index (χ0n) is 13.0. The van der Waals surface area contributed by atoms with Gasteiger partial charge in [-0.2, -0.15) is 5.10 Å². The predicted molar refractivity (Wildman–Crippen MR) is 87.4 cm³/mol. The number of hydrogen-bond donors (Lipinski definition) is 2. The number of amides is 2. The molecule has 0 aliphatic carbocycles. The number of nitrogens with one attached hydrogen (secondary N) is 2. The fourth-order valence-corrected chi connectivity index (χ4v) is 2.61. The molecule has 1 aliphatic heterocycles. The van der Waals surface area contributed by atoms with Crippen LogP contribution in [-0.4, -0.2) is 24.1 Å². The molecule has 6 nitrogen and oxygen atoms in total. The van der Waals surface area contributed by atoms with Gasteiger partial charge in [-0.05, 0) is 37.0 Å². The number of furan rings is 1. The molecule has 1 aliphatic rings. The molecule has 1 aromatic carbocycles. The molecule has 0 atom stereocenters. The zero-order chi connectivity index (χ0) is 16.2. The lowest BCUT2D eigenvalue weighted by Crippen LogP contribution is -2.24. The summed E-state index contributed by atoms with van der Waals surface area (Å²) in [6.07, 6.45) is 4.22. The smallest absolute Gasteiger partial charge is 0.255 e. The van der Waals surface area contributed by atoms with Crippen LogP contribution in [0.15, 0.2) is 34.0 Å². The minimum absolute atomic E-state index is 0.0689. The summed E-state index contributed by atoms with van der Waals surface area (Å²) in [5, 5.41) is 7.67. The molecule has 23 heavy (non-hydrogen) atoms. The lowest BCUT2D eigenvalue weighted by molar-refractivity contribution is -0.119. The van der Waals surface area contributed by atoms with E-state index in [4.69, 9.17) is 4.42 Å². The summed E-state index contributed by atoms with van der Waals surface area (Å²) < 4.78 is 5.44. The molecule has 2 amide bonds. The van der Waals surface area contributed by atoms with Crippen LogP contribution in [0.4, 0.5) is 0 Å². The first kappa shape index (κ1) is 15.3. The Morgan fingerprint density at radius 3 is 3.04 bits per heavy atom. The molecule has 2 N–H and O–H groups in total. The van der Waals surface area contributed by atoms with Crippen LogP contribution < -0.4 is 10.7 Å². The Morgan fingerprint density at radius 1 is 1.43 bits per heavy atom. The molecular formula is C17H19N3O3. The van der Waals surface area contributed by atoms with Gasteiger partial charge in [-0.25, -0.2) is 5.43 Å². The third-order valence-electron chi connectivity index (χ3n) is 3.92. The maximum Gasteiger partial charge on any atom is 0.255 e. The SMILES string of the molecule is CCc1ccc2occ(C(=O)NCCCC3=NNC(=O)C3)c2c1. The molecule has 0 saturated heterocycles. The molecule has 2 aromatic rings. The van der Waals surface area contributed by atoms with Gasteiger partial charge in [0.25, 0.3) is 5.91 Å². The number of rotatable bonds is 6. The molecule has 3 rings (SSSR count). The third kappa shape index (κ3) is 3.41. The van der Waals surface area contributed by atoms with E-state index in [2.05, 4.69) is 22.8 Å². The first-order valence-electron chi connectivity index (χ1n) is 7.80. The molecule has 0 radical (unpaired) electrons. The van der Waals surface area contributed by atoms with Gasteiger partial charge in [0.15, 0.2) is 0 Å². The molecular weight excluding hydrogens is 294 g/mol. The molecule has 0 spiro atoms. The van der Waals surface area contributed by atoms with Gasteiger partial charge in [0, 0.05) is 17.6 Å². The zero-order valence-corrected chi connectivity index (χ0v) is 13.0. The summed E-state index contributed by atoms with van der Waals surface area (Å²) in [6.45, 7) is 2.61. The highest BCUT2D eigenvalue weighted by Crippen LogP contribution is 2.22. The van der Waals surface area contributed by atoms with Crippen molar-refractivity contribution >= 4 is 28.5 Å². The average Bonchev–Trinajstić information content (AvgIpc) is 3.16. The van der Waals surface area contributed by atoms with Gasteiger partial charge >= 0.3 is 0 Å². The number of fused-ring (bicyclic) bond motifs is 1. The highest BCUT2D eigenvalue weighted by molar-refractivity contribution is 6.06. The van der Waals surface area contributed by atoms with Crippen molar-refractivity contribution in [2.45, 2.75) is 32.6 Å². The van der Waals surface area contributed by atoms with Crippen LogP contribution in [0.1, 0.15) is 42.1 Å². The Morgan fingerprint density at radius 2 is 2.30 bits per heavy atom. The third-order valence-corrected chi connectivity index (χ3v) is 3.92. The van der Waals surface area contributed by atoms with Crippen molar-refractivity contribution in [3.8, 4) is 0 Å². The first-order valence-corrected chi connectivity index (χ1v) is 7.80. The number of benzene rings is 1. The fraction of sp³-hybridized carbons (Fsp3) is 0.353. The molecule has 0 fully saturated rings. The van der Waals surface area contributed by atoms with Gasteiger partial charge in [-0.3, -0.25) is 9.59 Å². The minimum atomic E-state index is -0.139. The van der Waals surface area contributed by atoms with Crippen molar-refractivity contribution in [3.63, 3.8) is 0 Å². The molecule has 120 valence electrons. The van der Waals surface area contributed by atoms with Gasteiger partial charge in [0.05, 0.1) is 12.0 Å². The van der Waals surface area contributed by atoms with Crippen molar-refractivity contribution in [3.05, 3.63) is 35.6 Å². The van der Waals surface area contributed by atoms with E-state index in [-0.39, 0.29) is 11.8 Å². The highest BCUT2D eigenvalue weighted by Gasteiger charge is 2.15. The molecule has 0 unspecified atom stereocenters. The van der Waals surface area contributed by atoms with Crippen molar-refractivity contribution in [1.82, 2.24) is 10.7 Å². The fourth-order valence-electron chi connectivity index (χ4n) is 2.61. The van der Waals surface area contributed by atoms with Crippen LogP contribution in [0, 0.1) is 0 Å². The summed E-state index contributed by atoms with van der Waals surface area (Å²) in [7, 11) is 0. The molecule has 0 bridgehead atoms. The number of aryl methyl sites for hydroxylation is 1. The maximum absolute atomic E-state index is 12.3. The molecule has 1 aromatic heterocycles. The molecule has 2 heterocycles. The Hall–Kier alpha value is -2.63. The number of carbonyl (C=O) groups is 2. The maximum atomic E-state index is 12.3. The number of carbonyl (C=O) groups excluding carboxylic acids is 2. The van der Waals surface area contributed by atoms with Crippen LogP contribution in [0.25, 0.3) is 11.0 Å². The lowest BCUT2D eigenvalue weighted by atomic mass is 10.1. The minimum Gasteiger partial charge on any atom is -0.463 e. The van der Waals surface area contributed by atoms with Crippen LogP contribution in [0.5, 0.6) is 0 Å². The second-order valence-corrected chi connectivity index (χ2v) is 5.58. The lowest BCUT2D eigenvalue weighted by Gasteiger charge is -2.04. The van der Waals surface area contributed by atoms with E-state index in [0.717, 1.165) is 29.5 Å². The van der Waals surface area contributed by atoms with Gasteiger partial charge in [-0.1, -0.05) is 13.0 Å². The largest absolute Gasteiger partial charge is 0.463 e. The quantitative estimate of drug-likeness (QED) is 0.803. The van der Waals surface area contributed by atoms with E-state index in [1.165, 1.54) is 11.8 Å². The van der Waals surface area contributed by atoms with Crippen molar-refractivity contribution < 1.29 is 14.0 Å².